The van der Waals surface area contributed by atoms with Gasteiger partial charge in [0.05, 0.1) is 32.0 Å². The average Bonchev–Trinajstić information content (AvgIpc) is 2.90. The number of fused-ring (bicyclic) bond motifs is 1. The molecule has 134 valence electrons. The number of anilines is 1. The van der Waals surface area contributed by atoms with Crippen LogP contribution in [-0.4, -0.2) is 44.4 Å². The van der Waals surface area contributed by atoms with Crippen molar-refractivity contribution < 1.29 is 27.8 Å². The van der Waals surface area contributed by atoms with Gasteiger partial charge in [0.25, 0.3) is 0 Å². The fourth-order valence-electron chi connectivity index (χ4n) is 3.81. The summed E-state index contributed by atoms with van der Waals surface area (Å²) in [5, 5.41) is 2.55. The fourth-order valence-corrected chi connectivity index (χ4v) is 3.81. The molecule has 0 unspecified atom stereocenters. The first-order valence-corrected chi connectivity index (χ1v) is 8.25. The summed E-state index contributed by atoms with van der Waals surface area (Å²) in [6.45, 7) is 2.72. The standard InChI is InChI=1S/C17H18F2N2O4/c1-8(22)20-4-10-5-21(17(23)25-10)9-2-13(18)16(14(19)3-9)15-11-6-24-7-12(11)15/h2-3,10-12,15H,4-7H2,1H3,(H,20,22)/t10-,11-,12+,15+/m0/s1. The predicted molar refractivity (Wildman–Crippen MR) is 83.2 cm³/mol. The van der Waals surface area contributed by atoms with Gasteiger partial charge in [-0.1, -0.05) is 0 Å². The molecule has 3 fully saturated rings. The Labute approximate surface area is 143 Å². The number of nitrogens with zero attached hydrogens (tertiary/aromatic N) is 1. The molecule has 0 bridgehead atoms. The normalized spacial score (nSPS) is 30.2. The molecule has 4 atom stereocenters. The molecule has 25 heavy (non-hydrogen) atoms. The molecule has 0 aromatic heterocycles. The largest absolute Gasteiger partial charge is 0.442 e. The highest BCUT2D eigenvalue weighted by Gasteiger charge is 2.56. The van der Waals surface area contributed by atoms with Gasteiger partial charge in [0.2, 0.25) is 5.91 Å². The van der Waals surface area contributed by atoms with Crippen molar-refractivity contribution in [1.82, 2.24) is 5.32 Å². The van der Waals surface area contributed by atoms with Crippen molar-refractivity contribution >= 4 is 17.7 Å². The number of benzene rings is 1. The molecule has 1 N–H and O–H groups in total. The molecule has 0 spiro atoms. The van der Waals surface area contributed by atoms with Gasteiger partial charge in [-0.25, -0.2) is 13.6 Å². The maximum atomic E-state index is 14.5. The van der Waals surface area contributed by atoms with Gasteiger partial charge in [-0.3, -0.25) is 9.69 Å². The lowest BCUT2D eigenvalue weighted by atomic mass is 10.0. The molecule has 1 aromatic rings. The number of carbonyl (C=O) groups excluding carboxylic acids is 2. The van der Waals surface area contributed by atoms with Gasteiger partial charge in [0.15, 0.2) is 0 Å². The molecular formula is C17H18F2N2O4. The maximum absolute atomic E-state index is 14.5. The number of ether oxygens (including phenoxy) is 2. The fraction of sp³-hybridized carbons (Fsp3) is 0.529. The van der Waals surface area contributed by atoms with Crippen LogP contribution in [0.4, 0.5) is 19.3 Å². The third-order valence-electron chi connectivity index (χ3n) is 5.11. The van der Waals surface area contributed by atoms with Crippen LogP contribution in [0.1, 0.15) is 18.4 Å². The van der Waals surface area contributed by atoms with E-state index in [1.54, 1.807) is 0 Å². The van der Waals surface area contributed by atoms with Gasteiger partial charge in [-0.15, -0.1) is 0 Å². The molecule has 3 aliphatic rings. The Hall–Kier alpha value is -2.22. The van der Waals surface area contributed by atoms with E-state index in [1.165, 1.54) is 24.0 Å². The van der Waals surface area contributed by atoms with Gasteiger partial charge in [0, 0.05) is 18.4 Å². The quantitative estimate of drug-likeness (QED) is 0.897. The molecule has 2 heterocycles. The number of hydrogen-bond acceptors (Lipinski definition) is 4. The Bertz CT molecular complexity index is 708. The summed E-state index contributed by atoms with van der Waals surface area (Å²) in [4.78, 5) is 24.1. The van der Waals surface area contributed by atoms with Crippen molar-refractivity contribution in [3.63, 3.8) is 0 Å². The lowest BCUT2D eigenvalue weighted by Gasteiger charge is -2.16. The SMILES string of the molecule is CC(=O)NC[C@H]1CN(c2cc(F)c([C@H]3[C@@H]4COC[C@@H]43)c(F)c2)C(=O)O1. The number of halogens is 2. The number of cyclic esters (lactones) is 1. The minimum atomic E-state index is -0.682. The van der Waals surface area contributed by atoms with Gasteiger partial charge < -0.3 is 14.8 Å². The topological polar surface area (TPSA) is 67.9 Å². The van der Waals surface area contributed by atoms with Gasteiger partial charge in [-0.05, 0) is 24.0 Å². The summed E-state index contributed by atoms with van der Waals surface area (Å²) >= 11 is 0. The highest BCUT2D eigenvalue weighted by atomic mass is 19.1. The lowest BCUT2D eigenvalue weighted by molar-refractivity contribution is -0.119. The van der Waals surface area contributed by atoms with Crippen molar-refractivity contribution in [1.29, 1.82) is 0 Å². The van der Waals surface area contributed by atoms with Crippen LogP contribution >= 0.6 is 0 Å². The summed E-state index contributed by atoms with van der Waals surface area (Å²) < 4.78 is 39.4. The van der Waals surface area contributed by atoms with E-state index in [4.69, 9.17) is 9.47 Å². The van der Waals surface area contributed by atoms with Crippen LogP contribution in [0.5, 0.6) is 0 Å². The van der Waals surface area contributed by atoms with Crippen LogP contribution in [0.2, 0.25) is 0 Å². The Kier molecular flexibility index (Phi) is 3.87. The second-order valence-electron chi connectivity index (χ2n) is 6.77. The second kappa shape index (κ2) is 5.94. The first-order valence-electron chi connectivity index (χ1n) is 8.25. The van der Waals surface area contributed by atoms with Crippen LogP contribution in [0.15, 0.2) is 12.1 Å². The van der Waals surface area contributed by atoms with Crippen molar-refractivity contribution in [2.45, 2.75) is 18.9 Å². The zero-order chi connectivity index (χ0) is 17.7. The predicted octanol–water partition coefficient (Wildman–Crippen LogP) is 1.79. The summed E-state index contributed by atoms with van der Waals surface area (Å²) in [6.07, 6.45) is -1.24. The molecule has 4 rings (SSSR count). The molecule has 8 heteroatoms. The molecule has 1 aliphatic carbocycles. The van der Waals surface area contributed by atoms with Gasteiger partial charge in [-0.2, -0.15) is 0 Å². The molecule has 6 nitrogen and oxygen atoms in total. The third kappa shape index (κ3) is 2.84. The van der Waals surface area contributed by atoms with Crippen LogP contribution in [0.25, 0.3) is 0 Å². The molecule has 0 radical (unpaired) electrons. The summed E-state index contributed by atoms with van der Waals surface area (Å²) in [5.74, 6) is -1.29. The molecular weight excluding hydrogens is 334 g/mol. The van der Waals surface area contributed by atoms with E-state index < -0.39 is 23.8 Å². The Balaban J connectivity index is 1.51. The van der Waals surface area contributed by atoms with Gasteiger partial charge >= 0.3 is 6.09 Å². The zero-order valence-electron chi connectivity index (χ0n) is 13.6. The van der Waals surface area contributed by atoms with Gasteiger partial charge in [0.1, 0.15) is 17.7 Å². The highest BCUT2D eigenvalue weighted by molar-refractivity contribution is 5.90. The first kappa shape index (κ1) is 16.3. The van der Waals surface area contributed by atoms with Crippen molar-refractivity contribution in [3.05, 3.63) is 29.3 Å². The number of rotatable bonds is 4. The Morgan fingerprint density at radius 1 is 1.28 bits per heavy atom. The molecule has 1 aromatic carbocycles. The van der Waals surface area contributed by atoms with E-state index in [0.29, 0.717) is 13.2 Å². The number of hydrogen-bond donors (Lipinski definition) is 1. The monoisotopic (exact) mass is 352 g/mol. The van der Waals surface area contributed by atoms with E-state index in [-0.39, 0.29) is 48.0 Å². The van der Waals surface area contributed by atoms with Crippen LogP contribution < -0.4 is 10.2 Å². The van der Waals surface area contributed by atoms with Crippen molar-refractivity contribution in [3.8, 4) is 0 Å². The van der Waals surface area contributed by atoms with Crippen LogP contribution in [0.3, 0.4) is 0 Å². The van der Waals surface area contributed by atoms with E-state index in [1.807, 2.05) is 0 Å². The lowest BCUT2D eigenvalue weighted by Crippen LogP contribution is -2.33. The Morgan fingerprint density at radius 2 is 1.92 bits per heavy atom. The maximum Gasteiger partial charge on any atom is 0.414 e. The molecule has 2 aliphatic heterocycles. The summed E-state index contributed by atoms with van der Waals surface area (Å²) in [6, 6.07) is 2.35. The number of nitrogens with one attached hydrogen (secondary N) is 1. The minimum absolute atomic E-state index is 0.0874. The minimum Gasteiger partial charge on any atom is -0.442 e. The third-order valence-corrected chi connectivity index (χ3v) is 5.11. The molecule has 2 saturated heterocycles. The van der Waals surface area contributed by atoms with E-state index >= 15 is 0 Å². The number of amides is 2. The average molecular weight is 352 g/mol. The van der Waals surface area contributed by atoms with Crippen LogP contribution in [0, 0.1) is 23.5 Å². The van der Waals surface area contributed by atoms with E-state index in [9.17, 15) is 18.4 Å². The zero-order valence-corrected chi connectivity index (χ0v) is 13.6. The second-order valence-corrected chi connectivity index (χ2v) is 6.77. The van der Waals surface area contributed by atoms with Crippen molar-refractivity contribution in [2.75, 3.05) is 31.2 Å². The van der Waals surface area contributed by atoms with Crippen molar-refractivity contribution in [2.24, 2.45) is 11.8 Å². The van der Waals surface area contributed by atoms with Crippen LogP contribution in [-0.2, 0) is 14.3 Å². The summed E-state index contributed by atoms with van der Waals surface area (Å²) in [5.41, 5.74) is 0.209. The molecule has 2 amide bonds. The first-order chi connectivity index (χ1) is 12.0. The van der Waals surface area contributed by atoms with E-state index in [0.717, 1.165) is 0 Å². The molecule has 1 saturated carbocycles. The highest BCUT2D eigenvalue weighted by Crippen LogP contribution is 2.58. The van der Waals surface area contributed by atoms with E-state index in [2.05, 4.69) is 5.32 Å². The smallest absolute Gasteiger partial charge is 0.414 e. The summed E-state index contributed by atoms with van der Waals surface area (Å²) in [7, 11) is 0. The Morgan fingerprint density at radius 3 is 2.52 bits per heavy atom. The number of carbonyl (C=O) groups is 2.